The van der Waals surface area contributed by atoms with Gasteiger partial charge in [-0.1, -0.05) is 13.0 Å². The Hall–Kier alpha value is -0.300. The van der Waals surface area contributed by atoms with Gasteiger partial charge in [-0.15, -0.1) is 6.58 Å². The summed E-state index contributed by atoms with van der Waals surface area (Å²) in [4.78, 5) is 2.50. The molecule has 11 heavy (non-hydrogen) atoms. The molecule has 0 aromatic rings. The van der Waals surface area contributed by atoms with Crippen LogP contribution in [-0.2, 0) is 0 Å². The minimum atomic E-state index is 0.935. The lowest BCUT2D eigenvalue weighted by Gasteiger charge is -2.16. The van der Waals surface area contributed by atoms with E-state index in [2.05, 4.69) is 18.4 Å². The molecule has 1 heterocycles. The van der Waals surface area contributed by atoms with E-state index >= 15 is 0 Å². The molecule has 0 aliphatic carbocycles. The first kappa shape index (κ1) is 8.79. The molecule has 0 aromatic heterocycles. The van der Waals surface area contributed by atoms with Crippen molar-refractivity contribution in [3.8, 4) is 0 Å². The first-order chi connectivity index (χ1) is 5.33. The van der Waals surface area contributed by atoms with Crippen molar-refractivity contribution >= 4 is 0 Å². The van der Waals surface area contributed by atoms with Gasteiger partial charge in [0, 0.05) is 6.54 Å². The van der Waals surface area contributed by atoms with Crippen LogP contribution in [0.15, 0.2) is 12.7 Å². The van der Waals surface area contributed by atoms with Crippen LogP contribution in [0.25, 0.3) is 0 Å². The molecule has 0 bridgehead atoms. The summed E-state index contributed by atoms with van der Waals surface area (Å²) < 4.78 is 0. The Bertz CT molecular complexity index is 120. The van der Waals surface area contributed by atoms with E-state index in [9.17, 15) is 0 Å². The zero-order valence-corrected chi connectivity index (χ0v) is 7.55. The van der Waals surface area contributed by atoms with Crippen molar-refractivity contribution in [3.63, 3.8) is 0 Å². The fraction of sp³-hybridized carbons (Fsp3) is 0.800. The van der Waals surface area contributed by atoms with Crippen molar-refractivity contribution in [1.29, 1.82) is 0 Å². The van der Waals surface area contributed by atoms with E-state index in [1.807, 2.05) is 6.08 Å². The van der Waals surface area contributed by atoms with Gasteiger partial charge in [0.25, 0.3) is 0 Å². The van der Waals surface area contributed by atoms with Gasteiger partial charge in [0.2, 0.25) is 0 Å². The molecule has 0 spiro atoms. The van der Waals surface area contributed by atoms with Crippen LogP contribution in [0.4, 0.5) is 0 Å². The highest BCUT2D eigenvalue weighted by molar-refractivity contribution is 4.75. The van der Waals surface area contributed by atoms with Gasteiger partial charge in [-0.25, -0.2) is 0 Å². The van der Waals surface area contributed by atoms with Crippen LogP contribution in [0.5, 0.6) is 0 Å². The smallest absolute Gasteiger partial charge is 0.0160 e. The molecule has 0 radical (unpaired) electrons. The first-order valence-corrected chi connectivity index (χ1v) is 4.66. The summed E-state index contributed by atoms with van der Waals surface area (Å²) >= 11 is 0. The molecular formula is C10H19N. The maximum atomic E-state index is 3.76. The summed E-state index contributed by atoms with van der Waals surface area (Å²) in [7, 11) is 0. The second-order valence-electron chi connectivity index (χ2n) is 3.63. The lowest BCUT2D eigenvalue weighted by molar-refractivity contribution is 0.312. The standard InChI is InChI=1S/C10H19N/c1-3-7-11-8-4-5-10(2)6-9-11/h3,10H,1,4-9H2,2H3. The number of nitrogens with zero attached hydrogens (tertiary/aromatic N) is 1. The molecule has 1 unspecified atom stereocenters. The van der Waals surface area contributed by atoms with Crippen molar-refractivity contribution in [3.05, 3.63) is 12.7 Å². The fourth-order valence-corrected chi connectivity index (χ4v) is 1.69. The average molecular weight is 153 g/mol. The molecule has 1 fully saturated rings. The maximum absolute atomic E-state index is 3.76. The third kappa shape index (κ3) is 3.06. The highest BCUT2D eigenvalue weighted by atomic mass is 15.1. The summed E-state index contributed by atoms with van der Waals surface area (Å²) in [5, 5.41) is 0. The third-order valence-corrected chi connectivity index (χ3v) is 2.50. The van der Waals surface area contributed by atoms with Crippen molar-refractivity contribution in [2.75, 3.05) is 19.6 Å². The Morgan fingerprint density at radius 1 is 1.45 bits per heavy atom. The lowest BCUT2D eigenvalue weighted by Crippen LogP contribution is -2.24. The van der Waals surface area contributed by atoms with Gasteiger partial charge < -0.3 is 0 Å². The Morgan fingerprint density at radius 2 is 2.27 bits per heavy atom. The van der Waals surface area contributed by atoms with Crippen molar-refractivity contribution < 1.29 is 0 Å². The van der Waals surface area contributed by atoms with E-state index in [4.69, 9.17) is 0 Å². The molecule has 0 N–H and O–H groups in total. The number of likely N-dealkylation sites (tertiary alicyclic amines) is 1. The third-order valence-electron chi connectivity index (χ3n) is 2.50. The van der Waals surface area contributed by atoms with E-state index in [1.165, 1.54) is 32.4 Å². The van der Waals surface area contributed by atoms with E-state index in [1.54, 1.807) is 0 Å². The van der Waals surface area contributed by atoms with E-state index in [0.717, 1.165) is 12.5 Å². The van der Waals surface area contributed by atoms with Gasteiger partial charge in [-0.05, 0) is 38.3 Å². The fourth-order valence-electron chi connectivity index (χ4n) is 1.69. The van der Waals surface area contributed by atoms with Crippen LogP contribution in [-0.4, -0.2) is 24.5 Å². The molecular weight excluding hydrogens is 134 g/mol. The Kier molecular flexibility index (Phi) is 3.64. The minimum Gasteiger partial charge on any atom is -0.300 e. The quantitative estimate of drug-likeness (QED) is 0.550. The zero-order valence-electron chi connectivity index (χ0n) is 7.55. The SMILES string of the molecule is C=CCN1CCCC(C)CC1. The highest BCUT2D eigenvalue weighted by Crippen LogP contribution is 2.15. The molecule has 1 rings (SSSR count). The van der Waals surface area contributed by atoms with Gasteiger partial charge >= 0.3 is 0 Å². The number of rotatable bonds is 2. The summed E-state index contributed by atoms with van der Waals surface area (Å²) in [5.74, 6) is 0.935. The second kappa shape index (κ2) is 4.55. The van der Waals surface area contributed by atoms with Crippen LogP contribution < -0.4 is 0 Å². The molecule has 1 aliphatic rings. The van der Waals surface area contributed by atoms with Crippen molar-refractivity contribution in [2.24, 2.45) is 5.92 Å². The predicted molar refractivity (Wildman–Crippen MR) is 49.7 cm³/mol. The largest absolute Gasteiger partial charge is 0.300 e. The second-order valence-corrected chi connectivity index (χ2v) is 3.63. The van der Waals surface area contributed by atoms with Crippen LogP contribution in [0.2, 0.25) is 0 Å². The summed E-state index contributed by atoms with van der Waals surface area (Å²) in [6.45, 7) is 9.74. The van der Waals surface area contributed by atoms with Crippen LogP contribution in [0.1, 0.15) is 26.2 Å². The Morgan fingerprint density at radius 3 is 3.00 bits per heavy atom. The minimum absolute atomic E-state index is 0.935. The lowest BCUT2D eigenvalue weighted by atomic mass is 10.0. The van der Waals surface area contributed by atoms with Crippen molar-refractivity contribution in [2.45, 2.75) is 26.2 Å². The van der Waals surface area contributed by atoms with Crippen LogP contribution in [0, 0.1) is 5.92 Å². The summed E-state index contributed by atoms with van der Waals surface area (Å²) in [6, 6.07) is 0. The number of hydrogen-bond acceptors (Lipinski definition) is 1. The van der Waals surface area contributed by atoms with Gasteiger partial charge in [0.1, 0.15) is 0 Å². The molecule has 1 atom stereocenters. The molecule has 0 aromatic carbocycles. The first-order valence-electron chi connectivity index (χ1n) is 4.66. The summed E-state index contributed by atoms with van der Waals surface area (Å²) in [6.07, 6.45) is 6.16. The molecule has 1 saturated heterocycles. The van der Waals surface area contributed by atoms with E-state index < -0.39 is 0 Å². The molecule has 1 aliphatic heterocycles. The number of hydrogen-bond donors (Lipinski definition) is 0. The maximum Gasteiger partial charge on any atom is 0.0160 e. The normalized spacial score (nSPS) is 27.9. The molecule has 1 nitrogen and oxygen atoms in total. The molecule has 0 amide bonds. The molecule has 1 heteroatoms. The Labute approximate surface area is 70.1 Å². The van der Waals surface area contributed by atoms with Crippen molar-refractivity contribution in [1.82, 2.24) is 4.90 Å². The van der Waals surface area contributed by atoms with Gasteiger partial charge in [0.05, 0.1) is 0 Å². The van der Waals surface area contributed by atoms with Crippen LogP contribution >= 0.6 is 0 Å². The average Bonchev–Trinajstić information content (AvgIpc) is 2.17. The molecule has 64 valence electrons. The van der Waals surface area contributed by atoms with Crippen LogP contribution in [0.3, 0.4) is 0 Å². The van der Waals surface area contributed by atoms with Gasteiger partial charge in [-0.2, -0.15) is 0 Å². The van der Waals surface area contributed by atoms with Gasteiger partial charge in [0.15, 0.2) is 0 Å². The summed E-state index contributed by atoms with van der Waals surface area (Å²) in [5.41, 5.74) is 0. The Balaban J connectivity index is 2.27. The van der Waals surface area contributed by atoms with E-state index in [-0.39, 0.29) is 0 Å². The predicted octanol–water partition coefficient (Wildman–Crippen LogP) is 2.29. The topological polar surface area (TPSA) is 3.24 Å². The van der Waals surface area contributed by atoms with E-state index in [0.29, 0.717) is 0 Å². The van der Waals surface area contributed by atoms with Gasteiger partial charge in [-0.3, -0.25) is 4.90 Å². The monoisotopic (exact) mass is 153 g/mol. The molecule has 0 saturated carbocycles. The zero-order chi connectivity index (χ0) is 8.10. The highest BCUT2D eigenvalue weighted by Gasteiger charge is 2.11.